The normalized spacial score (nSPS) is 14.1. The summed E-state index contributed by atoms with van der Waals surface area (Å²) in [7, 11) is 1.44. The Labute approximate surface area is 205 Å². The number of hydrogen-bond donors (Lipinski definition) is 0. The Kier molecular flexibility index (Phi) is 8.50. The molecule has 1 saturated heterocycles. The first-order chi connectivity index (χ1) is 16.7. The highest BCUT2D eigenvalue weighted by molar-refractivity contribution is 6.01. The lowest BCUT2D eigenvalue weighted by Crippen LogP contribution is -2.41. The van der Waals surface area contributed by atoms with Crippen LogP contribution in [0.15, 0.2) is 48.0 Å². The van der Waals surface area contributed by atoms with Crippen LogP contribution in [0.2, 0.25) is 0 Å². The minimum atomic E-state index is -0.587. The van der Waals surface area contributed by atoms with Crippen molar-refractivity contribution >= 4 is 18.0 Å². The fraction of sp³-hybridized carbons (Fsp3) is 0.370. The molecule has 0 unspecified atom stereocenters. The lowest BCUT2D eigenvalue weighted by molar-refractivity contribution is -0.136. The van der Waals surface area contributed by atoms with Gasteiger partial charge in [0, 0.05) is 13.1 Å². The summed E-state index contributed by atoms with van der Waals surface area (Å²) in [5.74, 6) is 0.186. The number of amides is 1. The maximum Gasteiger partial charge on any atom is 0.349 e. The first-order valence-corrected chi connectivity index (χ1v) is 11.3. The third-order valence-corrected chi connectivity index (χ3v) is 5.41. The number of morpholine rings is 1. The van der Waals surface area contributed by atoms with E-state index in [0.717, 1.165) is 5.56 Å². The van der Waals surface area contributed by atoms with E-state index in [-0.39, 0.29) is 29.3 Å². The van der Waals surface area contributed by atoms with E-state index in [2.05, 4.69) is 20.8 Å². The predicted molar refractivity (Wildman–Crippen MR) is 130 cm³/mol. The van der Waals surface area contributed by atoms with Gasteiger partial charge in [-0.25, -0.2) is 4.79 Å². The molecule has 0 saturated carbocycles. The summed E-state index contributed by atoms with van der Waals surface area (Å²) in [5.41, 5.74) is 1.42. The molecule has 1 fully saturated rings. The molecule has 2 aromatic carbocycles. The lowest BCUT2D eigenvalue weighted by atomic mass is 9.86. The van der Waals surface area contributed by atoms with Crippen LogP contribution >= 0.6 is 0 Å². The number of esters is 1. The number of rotatable bonds is 7. The fourth-order valence-corrected chi connectivity index (χ4v) is 3.60. The molecule has 0 spiro atoms. The Bertz CT molecular complexity index is 1140. The second-order valence-electron chi connectivity index (χ2n) is 8.99. The molecule has 2 aromatic rings. The highest BCUT2D eigenvalue weighted by atomic mass is 16.6. The smallest absolute Gasteiger partial charge is 0.349 e. The van der Waals surface area contributed by atoms with Crippen molar-refractivity contribution in [1.29, 1.82) is 5.26 Å². The number of carbonyl (C=O) groups is 2. The van der Waals surface area contributed by atoms with Crippen LogP contribution in [0.3, 0.4) is 0 Å². The third-order valence-electron chi connectivity index (χ3n) is 5.41. The van der Waals surface area contributed by atoms with Crippen LogP contribution in [0.4, 0.5) is 0 Å². The van der Waals surface area contributed by atoms with Crippen molar-refractivity contribution in [2.45, 2.75) is 26.2 Å². The zero-order chi connectivity index (χ0) is 25.4. The molecular weight excluding hydrogens is 448 g/mol. The molecular formula is C27H30N2O6. The molecule has 0 aromatic heterocycles. The summed E-state index contributed by atoms with van der Waals surface area (Å²) in [6, 6.07) is 14.3. The van der Waals surface area contributed by atoms with E-state index >= 15 is 0 Å². The van der Waals surface area contributed by atoms with Crippen molar-refractivity contribution in [3.63, 3.8) is 0 Å². The molecule has 1 heterocycles. The van der Waals surface area contributed by atoms with E-state index in [4.69, 9.17) is 18.9 Å². The van der Waals surface area contributed by atoms with Crippen LogP contribution in [0.1, 0.15) is 31.9 Å². The van der Waals surface area contributed by atoms with Crippen LogP contribution < -0.4 is 14.2 Å². The molecule has 1 amide bonds. The Hall–Kier alpha value is -3.83. The van der Waals surface area contributed by atoms with Gasteiger partial charge in [-0.05, 0) is 40.8 Å². The standard InChI is InChI=1S/C27H30N2O6/c1-27(2,3)21-7-5-6-8-22(21)34-18-25(30)35-23-10-9-19(16-24(23)32-4)15-20(17-28)26(31)29-11-13-33-14-12-29/h5-10,15-16H,11-14,18H2,1-4H3/b20-15+. The van der Waals surface area contributed by atoms with Gasteiger partial charge in [0.05, 0.1) is 20.3 Å². The highest BCUT2D eigenvalue weighted by Crippen LogP contribution is 2.32. The number of methoxy groups -OCH3 is 1. The van der Waals surface area contributed by atoms with Crippen molar-refractivity contribution in [1.82, 2.24) is 4.90 Å². The van der Waals surface area contributed by atoms with E-state index < -0.39 is 5.97 Å². The van der Waals surface area contributed by atoms with Gasteiger partial charge in [0.15, 0.2) is 18.1 Å². The van der Waals surface area contributed by atoms with Gasteiger partial charge in [0.25, 0.3) is 5.91 Å². The topological polar surface area (TPSA) is 98.1 Å². The monoisotopic (exact) mass is 478 g/mol. The second kappa shape index (κ2) is 11.5. The Morgan fingerprint density at radius 1 is 1.09 bits per heavy atom. The summed E-state index contributed by atoms with van der Waals surface area (Å²) >= 11 is 0. The molecule has 1 aliphatic rings. The minimum absolute atomic E-state index is 0.00427. The summed E-state index contributed by atoms with van der Waals surface area (Å²) in [4.78, 5) is 26.7. The van der Waals surface area contributed by atoms with Gasteiger partial charge in [-0.3, -0.25) is 4.79 Å². The zero-order valence-corrected chi connectivity index (χ0v) is 20.5. The highest BCUT2D eigenvalue weighted by Gasteiger charge is 2.22. The SMILES string of the molecule is COc1cc(/C=C(\C#N)C(=O)N2CCOCC2)ccc1OC(=O)COc1ccccc1C(C)(C)C. The number of hydrogen-bond acceptors (Lipinski definition) is 7. The van der Waals surface area contributed by atoms with Crippen LogP contribution in [0.25, 0.3) is 6.08 Å². The first kappa shape index (κ1) is 25.8. The van der Waals surface area contributed by atoms with E-state index in [0.29, 0.717) is 43.4 Å². The molecule has 1 aliphatic heterocycles. The second-order valence-corrected chi connectivity index (χ2v) is 8.99. The average molecular weight is 479 g/mol. The van der Waals surface area contributed by atoms with Gasteiger partial charge in [0.2, 0.25) is 0 Å². The van der Waals surface area contributed by atoms with Crippen LogP contribution in [0, 0.1) is 11.3 Å². The van der Waals surface area contributed by atoms with Gasteiger partial charge >= 0.3 is 5.97 Å². The number of nitrogens with zero attached hydrogens (tertiary/aromatic N) is 2. The molecule has 0 atom stereocenters. The molecule has 3 rings (SSSR count). The van der Waals surface area contributed by atoms with E-state index in [1.165, 1.54) is 13.2 Å². The average Bonchev–Trinajstić information content (AvgIpc) is 2.86. The number of ether oxygens (including phenoxy) is 4. The lowest BCUT2D eigenvalue weighted by Gasteiger charge is -2.26. The van der Waals surface area contributed by atoms with E-state index in [1.54, 1.807) is 23.1 Å². The minimum Gasteiger partial charge on any atom is -0.493 e. The van der Waals surface area contributed by atoms with Crippen molar-refractivity contribution in [3.8, 4) is 23.3 Å². The number of para-hydroxylation sites is 1. The van der Waals surface area contributed by atoms with Crippen LogP contribution in [-0.2, 0) is 19.7 Å². The maximum atomic E-state index is 12.6. The number of carbonyl (C=O) groups excluding carboxylic acids is 2. The number of nitriles is 1. The molecule has 0 radical (unpaired) electrons. The summed E-state index contributed by atoms with van der Waals surface area (Å²) in [6.45, 7) is 7.72. The van der Waals surface area contributed by atoms with Gasteiger partial charge in [0.1, 0.15) is 17.4 Å². The van der Waals surface area contributed by atoms with E-state index in [9.17, 15) is 14.9 Å². The molecule has 8 nitrogen and oxygen atoms in total. The molecule has 0 bridgehead atoms. The molecule has 35 heavy (non-hydrogen) atoms. The molecule has 184 valence electrons. The first-order valence-electron chi connectivity index (χ1n) is 11.3. The molecule has 8 heteroatoms. The van der Waals surface area contributed by atoms with Crippen LogP contribution in [-0.4, -0.2) is 56.8 Å². The van der Waals surface area contributed by atoms with Crippen molar-refractivity contribution in [2.75, 3.05) is 40.0 Å². The Morgan fingerprint density at radius 2 is 1.80 bits per heavy atom. The predicted octanol–water partition coefficient (Wildman–Crippen LogP) is 3.74. The van der Waals surface area contributed by atoms with Crippen molar-refractivity contribution in [3.05, 3.63) is 59.2 Å². The maximum absolute atomic E-state index is 12.6. The Morgan fingerprint density at radius 3 is 2.46 bits per heavy atom. The van der Waals surface area contributed by atoms with Gasteiger partial charge < -0.3 is 23.8 Å². The molecule has 0 N–H and O–H groups in total. The van der Waals surface area contributed by atoms with Crippen molar-refractivity contribution in [2.24, 2.45) is 0 Å². The summed E-state index contributed by atoms with van der Waals surface area (Å²) in [5, 5.41) is 9.50. The Balaban J connectivity index is 1.69. The van der Waals surface area contributed by atoms with Crippen LogP contribution in [0.5, 0.6) is 17.2 Å². The fourth-order valence-electron chi connectivity index (χ4n) is 3.60. The van der Waals surface area contributed by atoms with E-state index in [1.807, 2.05) is 30.3 Å². The number of benzene rings is 2. The van der Waals surface area contributed by atoms with Gasteiger partial charge in [-0.15, -0.1) is 0 Å². The van der Waals surface area contributed by atoms with Gasteiger partial charge in [-0.1, -0.05) is 45.0 Å². The van der Waals surface area contributed by atoms with Gasteiger partial charge in [-0.2, -0.15) is 5.26 Å². The molecule has 0 aliphatic carbocycles. The quantitative estimate of drug-likeness (QED) is 0.259. The zero-order valence-electron chi connectivity index (χ0n) is 20.5. The summed E-state index contributed by atoms with van der Waals surface area (Å²) in [6.07, 6.45) is 1.48. The summed E-state index contributed by atoms with van der Waals surface area (Å²) < 4.78 is 21.8. The largest absolute Gasteiger partial charge is 0.493 e. The van der Waals surface area contributed by atoms with Crippen molar-refractivity contribution < 1.29 is 28.5 Å². The third kappa shape index (κ3) is 6.84.